The second-order valence-electron chi connectivity index (χ2n) is 6.76. The van der Waals surface area contributed by atoms with Crippen LogP contribution < -0.4 is 0 Å². The van der Waals surface area contributed by atoms with Gasteiger partial charge in [-0.1, -0.05) is 0 Å². The number of esters is 1. The number of aryl methyl sites for hydroxylation is 1. The second-order valence-corrected chi connectivity index (χ2v) is 6.76. The summed E-state index contributed by atoms with van der Waals surface area (Å²) in [7, 11) is 1.36. The number of carbonyl (C=O) groups is 2. The Kier molecular flexibility index (Phi) is 4.74. The first-order chi connectivity index (χ1) is 11.9. The van der Waals surface area contributed by atoms with Crippen LogP contribution in [0.1, 0.15) is 55.2 Å². The molecule has 0 bridgehead atoms. The third-order valence-electron chi connectivity index (χ3n) is 4.65. The SMILES string of the molecule is COC(=O)C1CCCCN1C(=O)c1cc(C)nc2c1cnn2C(C)C. The molecule has 0 radical (unpaired) electrons. The lowest BCUT2D eigenvalue weighted by molar-refractivity contribution is -0.147. The van der Waals surface area contributed by atoms with Crippen LogP contribution >= 0.6 is 0 Å². The molecule has 0 spiro atoms. The summed E-state index contributed by atoms with van der Waals surface area (Å²) in [5, 5.41) is 5.11. The van der Waals surface area contributed by atoms with Crippen LogP contribution in [0.4, 0.5) is 0 Å². The fourth-order valence-electron chi connectivity index (χ4n) is 3.41. The monoisotopic (exact) mass is 344 g/mol. The molecule has 2 aromatic rings. The molecule has 0 saturated carbocycles. The Morgan fingerprint density at radius 3 is 2.76 bits per heavy atom. The van der Waals surface area contributed by atoms with E-state index in [2.05, 4.69) is 10.1 Å². The Morgan fingerprint density at radius 2 is 2.08 bits per heavy atom. The first-order valence-corrected chi connectivity index (χ1v) is 8.67. The van der Waals surface area contributed by atoms with E-state index in [9.17, 15) is 9.59 Å². The lowest BCUT2D eigenvalue weighted by Crippen LogP contribution is -2.48. The summed E-state index contributed by atoms with van der Waals surface area (Å²) in [6, 6.07) is 1.41. The predicted octanol–water partition coefficient (Wildman–Crippen LogP) is 2.49. The van der Waals surface area contributed by atoms with E-state index in [-0.39, 0.29) is 17.9 Å². The molecular weight excluding hydrogens is 320 g/mol. The molecule has 1 unspecified atom stereocenters. The highest BCUT2D eigenvalue weighted by Gasteiger charge is 2.34. The van der Waals surface area contributed by atoms with E-state index in [0.29, 0.717) is 24.2 Å². The van der Waals surface area contributed by atoms with Crippen molar-refractivity contribution < 1.29 is 14.3 Å². The van der Waals surface area contributed by atoms with E-state index in [1.165, 1.54) is 7.11 Å². The number of amides is 1. The number of carbonyl (C=O) groups excluding carboxylic acids is 2. The number of hydrogen-bond acceptors (Lipinski definition) is 5. The molecule has 7 nitrogen and oxygen atoms in total. The quantitative estimate of drug-likeness (QED) is 0.800. The molecule has 1 fully saturated rings. The number of rotatable bonds is 3. The van der Waals surface area contributed by atoms with Gasteiger partial charge in [0.2, 0.25) is 0 Å². The van der Waals surface area contributed by atoms with Gasteiger partial charge in [0, 0.05) is 18.3 Å². The zero-order chi connectivity index (χ0) is 18.1. The molecule has 2 aromatic heterocycles. The zero-order valence-electron chi connectivity index (χ0n) is 15.2. The molecule has 3 heterocycles. The molecule has 7 heteroatoms. The standard InChI is InChI=1S/C18H24N4O3/c1-11(2)22-16-14(10-19-22)13(9-12(3)20-16)17(23)21-8-6-5-7-15(21)18(24)25-4/h9-11,15H,5-8H2,1-4H3. The lowest BCUT2D eigenvalue weighted by Gasteiger charge is -2.34. The van der Waals surface area contributed by atoms with Crippen LogP contribution in [0.15, 0.2) is 12.3 Å². The summed E-state index contributed by atoms with van der Waals surface area (Å²) in [5.74, 6) is -0.512. The summed E-state index contributed by atoms with van der Waals surface area (Å²) in [6.45, 7) is 6.47. The van der Waals surface area contributed by atoms with Gasteiger partial charge < -0.3 is 9.64 Å². The smallest absolute Gasteiger partial charge is 0.328 e. The number of fused-ring (bicyclic) bond motifs is 1. The van der Waals surface area contributed by atoms with Gasteiger partial charge >= 0.3 is 5.97 Å². The van der Waals surface area contributed by atoms with Crippen molar-refractivity contribution in [2.75, 3.05) is 13.7 Å². The highest BCUT2D eigenvalue weighted by molar-refractivity contribution is 6.06. The number of nitrogens with zero attached hydrogens (tertiary/aromatic N) is 4. The minimum absolute atomic E-state index is 0.146. The number of aromatic nitrogens is 3. The number of ether oxygens (including phenoxy) is 1. The Balaban J connectivity index is 2.05. The largest absolute Gasteiger partial charge is 0.467 e. The molecule has 0 aliphatic carbocycles. The Labute approximate surface area is 147 Å². The maximum atomic E-state index is 13.2. The van der Waals surface area contributed by atoms with E-state index >= 15 is 0 Å². The molecular formula is C18H24N4O3. The number of likely N-dealkylation sites (tertiary alicyclic amines) is 1. The maximum absolute atomic E-state index is 13.2. The lowest BCUT2D eigenvalue weighted by atomic mass is 10.00. The normalized spacial score (nSPS) is 18.0. The predicted molar refractivity (Wildman–Crippen MR) is 93.3 cm³/mol. The Bertz CT molecular complexity index is 812. The van der Waals surface area contributed by atoms with Crippen LogP contribution in [0.3, 0.4) is 0 Å². The zero-order valence-corrected chi connectivity index (χ0v) is 15.2. The van der Waals surface area contributed by atoms with Crippen molar-refractivity contribution in [3.63, 3.8) is 0 Å². The minimum atomic E-state index is -0.519. The van der Waals surface area contributed by atoms with Crippen LogP contribution in [0.2, 0.25) is 0 Å². The number of piperidine rings is 1. The van der Waals surface area contributed by atoms with Crippen LogP contribution in [0.5, 0.6) is 0 Å². The van der Waals surface area contributed by atoms with Crippen molar-refractivity contribution in [2.24, 2.45) is 0 Å². The average molecular weight is 344 g/mol. The van der Waals surface area contributed by atoms with Crippen molar-refractivity contribution in [1.82, 2.24) is 19.7 Å². The molecule has 0 aromatic carbocycles. The van der Waals surface area contributed by atoms with Gasteiger partial charge in [-0.2, -0.15) is 5.10 Å². The van der Waals surface area contributed by atoms with Gasteiger partial charge in [-0.15, -0.1) is 0 Å². The molecule has 134 valence electrons. The van der Waals surface area contributed by atoms with Gasteiger partial charge in [-0.25, -0.2) is 14.5 Å². The molecule has 3 rings (SSSR count). The van der Waals surface area contributed by atoms with Gasteiger partial charge in [-0.3, -0.25) is 4.79 Å². The minimum Gasteiger partial charge on any atom is -0.467 e. The van der Waals surface area contributed by atoms with Gasteiger partial charge in [-0.05, 0) is 46.1 Å². The fourth-order valence-corrected chi connectivity index (χ4v) is 3.41. The van der Waals surface area contributed by atoms with Crippen LogP contribution in [0.25, 0.3) is 11.0 Å². The third kappa shape index (κ3) is 3.10. The second kappa shape index (κ2) is 6.82. The van der Waals surface area contributed by atoms with Gasteiger partial charge in [0.05, 0.1) is 24.3 Å². The number of hydrogen-bond donors (Lipinski definition) is 0. The van der Waals surface area contributed by atoms with E-state index < -0.39 is 6.04 Å². The van der Waals surface area contributed by atoms with Crippen molar-refractivity contribution in [1.29, 1.82) is 0 Å². The molecule has 1 saturated heterocycles. The molecule has 1 amide bonds. The molecule has 1 atom stereocenters. The third-order valence-corrected chi connectivity index (χ3v) is 4.65. The van der Waals surface area contributed by atoms with E-state index in [4.69, 9.17) is 4.74 Å². The number of pyridine rings is 1. The van der Waals surface area contributed by atoms with Crippen molar-refractivity contribution in [3.8, 4) is 0 Å². The summed E-state index contributed by atoms with van der Waals surface area (Å²) in [6.07, 6.45) is 4.13. The molecule has 0 N–H and O–H groups in total. The molecule has 25 heavy (non-hydrogen) atoms. The van der Waals surface area contributed by atoms with Gasteiger partial charge in [0.15, 0.2) is 5.65 Å². The topological polar surface area (TPSA) is 77.3 Å². The van der Waals surface area contributed by atoms with Crippen molar-refractivity contribution in [2.45, 2.75) is 52.1 Å². The first kappa shape index (κ1) is 17.4. The summed E-state index contributed by atoms with van der Waals surface area (Å²) >= 11 is 0. The fraction of sp³-hybridized carbons (Fsp3) is 0.556. The van der Waals surface area contributed by atoms with Crippen molar-refractivity contribution in [3.05, 3.63) is 23.5 Å². The van der Waals surface area contributed by atoms with E-state index in [1.807, 2.05) is 25.5 Å². The van der Waals surface area contributed by atoms with Gasteiger partial charge in [0.25, 0.3) is 5.91 Å². The number of methoxy groups -OCH3 is 1. The highest BCUT2D eigenvalue weighted by Crippen LogP contribution is 2.26. The summed E-state index contributed by atoms with van der Waals surface area (Å²) in [5.41, 5.74) is 2.00. The first-order valence-electron chi connectivity index (χ1n) is 8.67. The van der Waals surface area contributed by atoms with E-state index in [1.54, 1.807) is 17.2 Å². The summed E-state index contributed by atoms with van der Waals surface area (Å²) < 4.78 is 6.70. The van der Waals surface area contributed by atoms with Crippen LogP contribution in [0, 0.1) is 6.92 Å². The average Bonchev–Trinajstić information content (AvgIpc) is 3.03. The van der Waals surface area contributed by atoms with Crippen molar-refractivity contribution >= 4 is 22.9 Å². The Hall–Kier alpha value is -2.44. The molecule has 1 aliphatic heterocycles. The van der Waals surface area contributed by atoms with E-state index in [0.717, 1.165) is 23.9 Å². The maximum Gasteiger partial charge on any atom is 0.328 e. The van der Waals surface area contributed by atoms with Crippen LogP contribution in [-0.2, 0) is 9.53 Å². The Morgan fingerprint density at radius 1 is 1.32 bits per heavy atom. The summed E-state index contributed by atoms with van der Waals surface area (Å²) in [4.78, 5) is 31.5. The van der Waals surface area contributed by atoms with Gasteiger partial charge in [0.1, 0.15) is 6.04 Å². The van der Waals surface area contributed by atoms with Crippen LogP contribution in [-0.4, -0.2) is 51.2 Å². The molecule has 1 aliphatic rings. The highest BCUT2D eigenvalue weighted by atomic mass is 16.5.